The predicted molar refractivity (Wildman–Crippen MR) is 104 cm³/mol. The number of anilines is 1. The van der Waals surface area contributed by atoms with Gasteiger partial charge in [-0.3, -0.25) is 4.99 Å². The number of hydrogen-bond donors (Lipinski definition) is 2. The average molecular weight is 348 g/mol. The number of nitrogens with zero attached hydrogens (tertiary/aromatic N) is 2. The summed E-state index contributed by atoms with van der Waals surface area (Å²) in [6.45, 7) is 6.53. The third-order valence-electron chi connectivity index (χ3n) is 4.39. The van der Waals surface area contributed by atoms with Crippen molar-refractivity contribution >= 4 is 11.6 Å². The van der Waals surface area contributed by atoms with Crippen molar-refractivity contribution in [3.8, 4) is 5.75 Å². The number of rotatable bonds is 9. The van der Waals surface area contributed by atoms with Crippen molar-refractivity contribution < 1.29 is 9.47 Å². The summed E-state index contributed by atoms with van der Waals surface area (Å²) in [5.41, 5.74) is 1.16. The van der Waals surface area contributed by atoms with E-state index in [0.29, 0.717) is 6.04 Å². The van der Waals surface area contributed by atoms with Crippen LogP contribution >= 0.6 is 0 Å². The number of benzene rings is 1. The van der Waals surface area contributed by atoms with Gasteiger partial charge in [0.25, 0.3) is 0 Å². The SMILES string of the molecule is CCOCCCCNC(=NC)NC1CCN(c2ccccc2OC)C1. The van der Waals surface area contributed by atoms with Crippen molar-refractivity contribution in [1.29, 1.82) is 0 Å². The molecular weight excluding hydrogens is 316 g/mol. The van der Waals surface area contributed by atoms with Gasteiger partial charge < -0.3 is 25.0 Å². The quantitative estimate of drug-likeness (QED) is 0.407. The summed E-state index contributed by atoms with van der Waals surface area (Å²) in [6, 6.07) is 8.58. The van der Waals surface area contributed by atoms with Crippen LogP contribution in [0.1, 0.15) is 26.2 Å². The lowest BCUT2D eigenvalue weighted by Gasteiger charge is -2.22. The van der Waals surface area contributed by atoms with E-state index in [2.05, 4.69) is 32.7 Å². The Morgan fingerprint density at radius 2 is 2.16 bits per heavy atom. The maximum atomic E-state index is 5.48. The van der Waals surface area contributed by atoms with E-state index in [1.165, 1.54) is 0 Å². The zero-order valence-corrected chi connectivity index (χ0v) is 15.8. The molecule has 0 radical (unpaired) electrons. The van der Waals surface area contributed by atoms with Gasteiger partial charge in [0.15, 0.2) is 5.96 Å². The maximum absolute atomic E-state index is 5.48. The molecule has 0 bridgehead atoms. The molecule has 6 heteroatoms. The van der Waals surface area contributed by atoms with Crippen molar-refractivity contribution in [2.24, 2.45) is 4.99 Å². The van der Waals surface area contributed by atoms with Gasteiger partial charge in [0, 0.05) is 45.9 Å². The monoisotopic (exact) mass is 348 g/mol. The van der Waals surface area contributed by atoms with Gasteiger partial charge in [-0.1, -0.05) is 12.1 Å². The maximum Gasteiger partial charge on any atom is 0.191 e. The molecule has 1 aromatic carbocycles. The standard InChI is InChI=1S/C19H32N4O2/c1-4-25-14-8-7-12-21-19(20-2)22-16-11-13-23(15-16)17-9-5-6-10-18(17)24-3/h5-6,9-10,16H,4,7-8,11-15H2,1-3H3,(H2,20,21,22). The van der Waals surface area contributed by atoms with E-state index in [9.17, 15) is 0 Å². The first kappa shape index (κ1) is 19.4. The molecule has 1 fully saturated rings. The van der Waals surface area contributed by atoms with Crippen LogP contribution in [0.4, 0.5) is 5.69 Å². The fourth-order valence-corrected chi connectivity index (χ4v) is 3.06. The summed E-state index contributed by atoms with van der Waals surface area (Å²) < 4.78 is 10.8. The fourth-order valence-electron chi connectivity index (χ4n) is 3.06. The Hall–Kier alpha value is -1.95. The minimum absolute atomic E-state index is 0.388. The molecule has 0 aromatic heterocycles. The molecular formula is C19H32N4O2. The normalized spacial score (nSPS) is 17.6. The van der Waals surface area contributed by atoms with E-state index in [1.54, 1.807) is 7.11 Å². The molecule has 0 amide bonds. The number of unbranched alkanes of at least 4 members (excludes halogenated alkanes) is 1. The second-order valence-corrected chi connectivity index (χ2v) is 6.15. The first-order chi connectivity index (χ1) is 12.3. The molecule has 0 spiro atoms. The molecule has 1 aliphatic rings. The van der Waals surface area contributed by atoms with Crippen LogP contribution in [0.5, 0.6) is 5.75 Å². The largest absolute Gasteiger partial charge is 0.495 e. The zero-order chi connectivity index (χ0) is 17.9. The second-order valence-electron chi connectivity index (χ2n) is 6.15. The summed E-state index contributed by atoms with van der Waals surface area (Å²) in [5, 5.41) is 6.92. The molecule has 0 aliphatic carbocycles. The first-order valence-electron chi connectivity index (χ1n) is 9.21. The molecule has 1 heterocycles. The van der Waals surface area contributed by atoms with Crippen molar-refractivity contribution in [2.45, 2.75) is 32.2 Å². The Morgan fingerprint density at radius 3 is 2.92 bits per heavy atom. The summed E-state index contributed by atoms with van der Waals surface area (Å²) in [7, 11) is 3.55. The molecule has 6 nitrogen and oxygen atoms in total. The van der Waals surface area contributed by atoms with Crippen molar-refractivity contribution in [2.75, 3.05) is 51.9 Å². The molecule has 1 saturated heterocycles. The average Bonchev–Trinajstić information content (AvgIpc) is 3.11. The second kappa shape index (κ2) is 10.8. The lowest BCUT2D eigenvalue weighted by molar-refractivity contribution is 0.143. The van der Waals surface area contributed by atoms with Crippen LogP contribution < -0.4 is 20.3 Å². The minimum Gasteiger partial charge on any atom is -0.495 e. The number of nitrogens with one attached hydrogen (secondary N) is 2. The van der Waals surface area contributed by atoms with Gasteiger partial charge in [0.05, 0.1) is 12.8 Å². The number of methoxy groups -OCH3 is 1. The Labute approximate surface area is 151 Å². The first-order valence-corrected chi connectivity index (χ1v) is 9.21. The number of guanidine groups is 1. The van der Waals surface area contributed by atoms with Gasteiger partial charge in [0.1, 0.15) is 5.75 Å². The van der Waals surface area contributed by atoms with Crippen LogP contribution in [-0.4, -0.2) is 59.0 Å². The van der Waals surface area contributed by atoms with Gasteiger partial charge in [-0.05, 0) is 38.3 Å². The highest BCUT2D eigenvalue weighted by Gasteiger charge is 2.25. The molecule has 1 aromatic rings. The third kappa shape index (κ3) is 6.12. The van der Waals surface area contributed by atoms with Crippen LogP contribution in [0.25, 0.3) is 0 Å². The molecule has 1 aliphatic heterocycles. The van der Waals surface area contributed by atoms with Crippen LogP contribution in [0.2, 0.25) is 0 Å². The van der Waals surface area contributed by atoms with Crippen molar-refractivity contribution in [3.05, 3.63) is 24.3 Å². The van der Waals surface area contributed by atoms with Gasteiger partial charge in [-0.25, -0.2) is 0 Å². The molecule has 25 heavy (non-hydrogen) atoms. The molecule has 2 N–H and O–H groups in total. The van der Waals surface area contributed by atoms with Gasteiger partial charge in [-0.2, -0.15) is 0 Å². The summed E-state index contributed by atoms with van der Waals surface area (Å²) in [5.74, 6) is 1.81. The van der Waals surface area contributed by atoms with E-state index in [0.717, 1.165) is 69.5 Å². The number of para-hydroxylation sites is 2. The molecule has 1 unspecified atom stereocenters. The molecule has 0 saturated carbocycles. The van der Waals surface area contributed by atoms with Crippen LogP contribution in [0, 0.1) is 0 Å². The highest BCUT2D eigenvalue weighted by molar-refractivity contribution is 5.80. The van der Waals surface area contributed by atoms with Gasteiger partial charge in [-0.15, -0.1) is 0 Å². The summed E-state index contributed by atoms with van der Waals surface area (Å²) in [4.78, 5) is 6.70. The zero-order valence-electron chi connectivity index (χ0n) is 15.8. The van der Waals surface area contributed by atoms with E-state index in [-0.39, 0.29) is 0 Å². The molecule has 2 rings (SSSR count). The van der Waals surface area contributed by atoms with Crippen LogP contribution in [0.3, 0.4) is 0 Å². The van der Waals surface area contributed by atoms with Gasteiger partial charge in [0.2, 0.25) is 0 Å². The van der Waals surface area contributed by atoms with Crippen LogP contribution in [0.15, 0.2) is 29.3 Å². The number of ether oxygens (including phenoxy) is 2. The Morgan fingerprint density at radius 1 is 1.32 bits per heavy atom. The van der Waals surface area contributed by atoms with Crippen LogP contribution in [-0.2, 0) is 4.74 Å². The number of aliphatic imine (C=N–C) groups is 1. The molecule has 140 valence electrons. The topological polar surface area (TPSA) is 58.1 Å². The highest BCUT2D eigenvalue weighted by Crippen LogP contribution is 2.30. The Bertz CT molecular complexity index is 536. The Kier molecular flexibility index (Phi) is 8.39. The van der Waals surface area contributed by atoms with E-state index >= 15 is 0 Å². The minimum atomic E-state index is 0.388. The number of hydrogen-bond acceptors (Lipinski definition) is 4. The van der Waals surface area contributed by atoms with E-state index < -0.39 is 0 Å². The lowest BCUT2D eigenvalue weighted by atomic mass is 10.2. The third-order valence-corrected chi connectivity index (χ3v) is 4.39. The van der Waals surface area contributed by atoms with Gasteiger partial charge >= 0.3 is 0 Å². The highest BCUT2D eigenvalue weighted by atomic mass is 16.5. The lowest BCUT2D eigenvalue weighted by Crippen LogP contribution is -2.44. The van der Waals surface area contributed by atoms with Crippen molar-refractivity contribution in [1.82, 2.24) is 10.6 Å². The van der Waals surface area contributed by atoms with Crippen molar-refractivity contribution in [3.63, 3.8) is 0 Å². The summed E-state index contributed by atoms with van der Waals surface area (Å²) >= 11 is 0. The Balaban J connectivity index is 1.75. The molecule has 1 atom stereocenters. The fraction of sp³-hybridized carbons (Fsp3) is 0.632. The van der Waals surface area contributed by atoms with E-state index in [1.807, 2.05) is 26.1 Å². The smallest absolute Gasteiger partial charge is 0.191 e. The summed E-state index contributed by atoms with van der Waals surface area (Å²) in [6.07, 6.45) is 3.24. The predicted octanol–water partition coefficient (Wildman–Crippen LogP) is 2.26. The van der Waals surface area contributed by atoms with E-state index in [4.69, 9.17) is 9.47 Å².